The van der Waals surface area contributed by atoms with E-state index in [-0.39, 0.29) is 0 Å². The Labute approximate surface area is 134 Å². The van der Waals surface area contributed by atoms with Crippen LogP contribution in [0.1, 0.15) is 59.2 Å². The molecule has 1 unspecified atom stereocenters. The summed E-state index contributed by atoms with van der Waals surface area (Å²) >= 11 is 0. The van der Waals surface area contributed by atoms with Crippen molar-refractivity contribution in [2.75, 3.05) is 13.1 Å². The largest absolute Gasteiger partial charge is 0.357 e. The van der Waals surface area contributed by atoms with Crippen molar-refractivity contribution in [3.8, 4) is 0 Å². The van der Waals surface area contributed by atoms with Crippen LogP contribution in [0.5, 0.6) is 0 Å². The van der Waals surface area contributed by atoms with E-state index < -0.39 is 0 Å². The molecule has 1 rings (SSSR count). The third kappa shape index (κ3) is 6.45. The molecule has 22 heavy (non-hydrogen) atoms. The summed E-state index contributed by atoms with van der Waals surface area (Å²) < 4.78 is 2.02. The molecule has 0 saturated carbocycles. The molecular weight excluding hydrogens is 276 g/mol. The molecule has 2 N–H and O–H groups in total. The van der Waals surface area contributed by atoms with Crippen LogP contribution in [0.3, 0.4) is 0 Å². The lowest BCUT2D eigenvalue weighted by Crippen LogP contribution is -2.39. The zero-order chi connectivity index (χ0) is 16.2. The van der Waals surface area contributed by atoms with E-state index in [0.717, 1.165) is 31.4 Å². The molecule has 1 aromatic heterocycles. The van der Waals surface area contributed by atoms with E-state index in [1.807, 2.05) is 4.57 Å². The van der Waals surface area contributed by atoms with Gasteiger partial charge < -0.3 is 15.2 Å². The smallest absolute Gasteiger partial charge is 0.191 e. The molecule has 0 aliphatic carbocycles. The second-order valence-electron chi connectivity index (χ2n) is 5.53. The highest BCUT2D eigenvalue weighted by molar-refractivity contribution is 5.79. The molecule has 6 heteroatoms. The molecule has 1 heterocycles. The summed E-state index contributed by atoms with van der Waals surface area (Å²) in [6.45, 7) is 11.9. The van der Waals surface area contributed by atoms with Gasteiger partial charge in [-0.05, 0) is 26.2 Å². The Bertz CT molecular complexity index is 426. The number of hydrogen-bond acceptors (Lipinski definition) is 3. The number of aromatic nitrogens is 3. The van der Waals surface area contributed by atoms with Gasteiger partial charge in [0.1, 0.15) is 12.9 Å². The van der Waals surface area contributed by atoms with Crippen molar-refractivity contribution in [1.82, 2.24) is 25.4 Å². The van der Waals surface area contributed by atoms with Crippen LogP contribution in [0, 0.1) is 5.92 Å². The number of hydrogen-bond donors (Lipinski definition) is 2. The topological polar surface area (TPSA) is 67.1 Å². The SMILES string of the molecule is CCCCC(CC)CNC(=NCc1nncn1CC)NCC. The number of guanidine groups is 1. The van der Waals surface area contributed by atoms with Gasteiger partial charge in [-0.15, -0.1) is 10.2 Å². The van der Waals surface area contributed by atoms with Crippen molar-refractivity contribution in [3.05, 3.63) is 12.2 Å². The molecule has 0 amide bonds. The molecule has 0 spiro atoms. The maximum absolute atomic E-state index is 4.62. The molecule has 0 aromatic carbocycles. The lowest BCUT2D eigenvalue weighted by molar-refractivity contribution is 0.443. The summed E-state index contributed by atoms with van der Waals surface area (Å²) in [6.07, 6.45) is 6.80. The van der Waals surface area contributed by atoms with E-state index in [1.165, 1.54) is 25.7 Å². The second kappa shape index (κ2) is 11.0. The molecule has 6 nitrogen and oxygen atoms in total. The van der Waals surface area contributed by atoms with Crippen LogP contribution in [0.25, 0.3) is 0 Å². The van der Waals surface area contributed by atoms with E-state index in [4.69, 9.17) is 0 Å². The minimum atomic E-state index is 0.551. The minimum absolute atomic E-state index is 0.551. The van der Waals surface area contributed by atoms with Crippen molar-refractivity contribution < 1.29 is 0 Å². The maximum atomic E-state index is 4.62. The quantitative estimate of drug-likeness (QED) is 0.515. The highest BCUT2D eigenvalue weighted by Crippen LogP contribution is 2.11. The van der Waals surface area contributed by atoms with Crippen LogP contribution in [-0.4, -0.2) is 33.8 Å². The Hall–Kier alpha value is -1.59. The van der Waals surface area contributed by atoms with Gasteiger partial charge in [0.05, 0.1) is 0 Å². The van der Waals surface area contributed by atoms with E-state index >= 15 is 0 Å². The van der Waals surface area contributed by atoms with E-state index in [1.54, 1.807) is 6.33 Å². The average Bonchev–Trinajstić information content (AvgIpc) is 3.00. The lowest BCUT2D eigenvalue weighted by Gasteiger charge is -2.17. The van der Waals surface area contributed by atoms with E-state index in [2.05, 4.69) is 53.5 Å². The molecule has 0 bridgehead atoms. The fourth-order valence-corrected chi connectivity index (χ4v) is 2.34. The molecule has 0 fully saturated rings. The third-order valence-electron chi connectivity index (χ3n) is 3.86. The minimum Gasteiger partial charge on any atom is -0.357 e. The average molecular weight is 308 g/mol. The van der Waals surface area contributed by atoms with E-state index in [0.29, 0.717) is 12.5 Å². The molecule has 0 radical (unpaired) electrons. The first kappa shape index (κ1) is 18.5. The van der Waals surface area contributed by atoms with Crippen molar-refractivity contribution >= 4 is 5.96 Å². The standard InChI is InChI=1S/C16H32N6/c1-5-9-10-14(6-2)11-18-16(17-7-3)19-12-15-21-20-13-22(15)8-4/h13-14H,5-12H2,1-4H3,(H2,17,18,19). The van der Waals surface area contributed by atoms with Gasteiger partial charge in [0.25, 0.3) is 0 Å². The summed E-state index contributed by atoms with van der Waals surface area (Å²) in [7, 11) is 0. The number of aliphatic imine (C=N–C) groups is 1. The van der Waals surface area contributed by atoms with Gasteiger partial charge in [-0.2, -0.15) is 0 Å². The zero-order valence-corrected chi connectivity index (χ0v) is 14.6. The fraction of sp³-hybridized carbons (Fsp3) is 0.812. The highest BCUT2D eigenvalue weighted by atomic mass is 15.3. The number of rotatable bonds is 10. The van der Waals surface area contributed by atoms with Crippen molar-refractivity contribution in [3.63, 3.8) is 0 Å². The van der Waals surface area contributed by atoms with Crippen molar-refractivity contribution in [2.24, 2.45) is 10.9 Å². The normalized spacial score (nSPS) is 13.2. The summed E-state index contributed by atoms with van der Waals surface area (Å²) in [6, 6.07) is 0. The maximum Gasteiger partial charge on any atom is 0.191 e. The van der Waals surface area contributed by atoms with Gasteiger partial charge in [-0.25, -0.2) is 4.99 Å². The first-order valence-electron chi connectivity index (χ1n) is 8.63. The first-order chi connectivity index (χ1) is 10.7. The number of aryl methyl sites for hydroxylation is 1. The van der Waals surface area contributed by atoms with E-state index in [9.17, 15) is 0 Å². The van der Waals surface area contributed by atoms with Gasteiger partial charge in [0, 0.05) is 19.6 Å². The number of unbranched alkanes of at least 4 members (excludes halogenated alkanes) is 1. The molecule has 0 saturated heterocycles. The Kier molecular flexibility index (Phi) is 9.26. The Morgan fingerprint density at radius 3 is 2.73 bits per heavy atom. The van der Waals surface area contributed by atoms with Gasteiger partial charge in [0.15, 0.2) is 11.8 Å². The van der Waals surface area contributed by atoms with Gasteiger partial charge >= 0.3 is 0 Å². The molecule has 126 valence electrons. The zero-order valence-electron chi connectivity index (χ0n) is 14.6. The Balaban J connectivity index is 2.54. The summed E-state index contributed by atoms with van der Waals surface area (Å²) in [4.78, 5) is 4.62. The van der Waals surface area contributed by atoms with Crippen LogP contribution >= 0.6 is 0 Å². The van der Waals surface area contributed by atoms with Gasteiger partial charge in [-0.1, -0.05) is 33.1 Å². The summed E-state index contributed by atoms with van der Waals surface area (Å²) in [5.41, 5.74) is 0. The monoisotopic (exact) mass is 308 g/mol. The van der Waals surface area contributed by atoms with Crippen LogP contribution in [0.4, 0.5) is 0 Å². The molecule has 0 aliphatic rings. The summed E-state index contributed by atoms with van der Waals surface area (Å²) in [5.74, 6) is 2.48. The third-order valence-corrected chi connectivity index (χ3v) is 3.86. The van der Waals surface area contributed by atoms with Gasteiger partial charge in [-0.3, -0.25) is 0 Å². The molecule has 1 atom stereocenters. The predicted molar refractivity (Wildman–Crippen MR) is 91.8 cm³/mol. The molecule has 1 aromatic rings. The molecular formula is C16H32N6. The van der Waals surface area contributed by atoms with Crippen LogP contribution in [-0.2, 0) is 13.1 Å². The number of nitrogens with one attached hydrogen (secondary N) is 2. The van der Waals surface area contributed by atoms with Crippen LogP contribution < -0.4 is 10.6 Å². The first-order valence-corrected chi connectivity index (χ1v) is 8.63. The van der Waals surface area contributed by atoms with Crippen LogP contribution in [0.2, 0.25) is 0 Å². The van der Waals surface area contributed by atoms with Crippen molar-refractivity contribution in [1.29, 1.82) is 0 Å². The Morgan fingerprint density at radius 2 is 2.09 bits per heavy atom. The molecule has 0 aliphatic heterocycles. The van der Waals surface area contributed by atoms with Crippen LogP contribution in [0.15, 0.2) is 11.3 Å². The van der Waals surface area contributed by atoms with Gasteiger partial charge in [0.2, 0.25) is 0 Å². The Morgan fingerprint density at radius 1 is 1.27 bits per heavy atom. The predicted octanol–water partition coefficient (Wildman–Crippen LogP) is 2.57. The second-order valence-corrected chi connectivity index (χ2v) is 5.53. The highest BCUT2D eigenvalue weighted by Gasteiger charge is 2.07. The number of nitrogens with zero attached hydrogens (tertiary/aromatic N) is 4. The van der Waals surface area contributed by atoms with Crippen molar-refractivity contribution in [2.45, 2.75) is 66.5 Å². The summed E-state index contributed by atoms with van der Waals surface area (Å²) in [5, 5.41) is 14.8. The lowest BCUT2D eigenvalue weighted by atomic mass is 9.99. The fourth-order valence-electron chi connectivity index (χ4n) is 2.34.